The van der Waals surface area contributed by atoms with Crippen molar-refractivity contribution in [3.63, 3.8) is 0 Å². The Morgan fingerprint density at radius 1 is 1.23 bits per heavy atom. The number of hydrogen-bond donors (Lipinski definition) is 6. The molecule has 0 unspecified atom stereocenters. The number of phenols is 1. The Kier molecular flexibility index (Phi) is 5.08. The molecule has 30 heavy (non-hydrogen) atoms. The van der Waals surface area contributed by atoms with Crippen LogP contribution in [-0.2, 0) is 10.3 Å². The van der Waals surface area contributed by atoms with Gasteiger partial charge in [0.05, 0.1) is 12.9 Å². The molecule has 1 saturated heterocycles. The quantitative estimate of drug-likeness (QED) is 0.313. The zero-order valence-electron chi connectivity index (χ0n) is 16.1. The van der Waals surface area contributed by atoms with Gasteiger partial charge in [0.2, 0.25) is 0 Å². The molecule has 0 aliphatic carbocycles. The first kappa shape index (κ1) is 20.4. The number of aromatic hydroxyl groups is 1. The standard InChI is InChI=1S/C19H23N5O6/c1-2-19(29,9-4-3-5-10(26)6-9)18-22-15(20)12-16(23-18)24(8-21-12)17-14(28)13(27)11(7-25)30-17/h3-6,8,11,13-14,17,25-29H,2,7H2,1H3,(H2,20,22,23)/t11-,13-,14+,17-,19-/m1/s1. The van der Waals surface area contributed by atoms with Crippen LogP contribution in [0.15, 0.2) is 30.6 Å². The number of nitrogens with two attached hydrogens (primary N) is 1. The zero-order chi connectivity index (χ0) is 21.6. The van der Waals surface area contributed by atoms with Crippen molar-refractivity contribution in [3.8, 4) is 5.75 Å². The summed E-state index contributed by atoms with van der Waals surface area (Å²) in [4.78, 5) is 12.8. The van der Waals surface area contributed by atoms with Gasteiger partial charge in [-0.1, -0.05) is 19.1 Å². The third-order valence-electron chi connectivity index (χ3n) is 5.44. The van der Waals surface area contributed by atoms with Gasteiger partial charge in [0.15, 0.2) is 23.5 Å². The lowest BCUT2D eigenvalue weighted by Gasteiger charge is -2.26. The second-order valence-electron chi connectivity index (χ2n) is 7.25. The van der Waals surface area contributed by atoms with E-state index in [0.29, 0.717) is 5.56 Å². The minimum atomic E-state index is -1.65. The number of fused-ring (bicyclic) bond motifs is 1. The molecule has 1 aliphatic heterocycles. The molecule has 160 valence electrons. The van der Waals surface area contributed by atoms with Gasteiger partial charge in [-0.25, -0.2) is 15.0 Å². The Morgan fingerprint density at radius 2 is 2.00 bits per heavy atom. The van der Waals surface area contributed by atoms with E-state index in [2.05, 4.69) is 15.0 Å². The van der Waals surface area contributed by atoms with Gasteiger partial charge < -0.3 is 36.0 Å². The number of aliphatic hydroxyl groups is 4. The highest BCUT2D eigenvalue weighted by Gasteiger charge is 2.44. The zero-order valence-corrected chi connectivity index (χ0v) is 16.1. The van der Waals surface area contributed by atoms with E-state index in [9.17, 15) is 25.5 Å². The Hall–Kier alpha value is -2.83. The van der Waals surface area contributed by atoms with Gasteiger partial charge >= 0.3 is 0 Å². The van der Waals surface area contributed by atoms with E-state index in [1.165, 1.54) is 23.0 Å². The van der Waals surface area contributed by atoms with Crippen LogP contribution in [0.25, 0.3) is 11.2 Å². The largest absolute Gasteiger partial charge is 0.508 e. The van der Waals surface area contributed by atoms with Gasteiger partial charge in [-0.05, 0) is 24.1 Å². The highest BCUT2D eigenvalue weighted by Crippen LogP contribution is 2.36. The van der Waals surface area contributed by atoms with Crippen LogP contribution in [0.3, 0.4) is 0 Å². The van der Waals surface area contributed by atoms with Crippen LogP contribution in [0.4, 0.5) is 5.82 Å². The molecule has 0 spiro atoms. The van der Waals surface area contributed by atoms with Gasteiger partial charge in [-0.15, -0.1) is 0 Å². The van der Waals surface area contributed by atoms with E-state index in [-0.39, 0.29) is 35.0 Å². The van der Waals surface area contributed by atoms with Crippen molar-refractivity contribution >= 4 is 17.0 Å². The molecule has 11 heteroatoms. The number of imidazole rings is 1. The Balaban J connectivity index is 1.85. The lowest BCUT2D eigenvalue weighted by molar-refractivity contribution is -0.0511. The molecule has 3 aromatic rings. The van der Waals surface area contributed by atoms with Crippen LogP contribution in [0.1, 0.15) is 31.0 Å². The van der Waals surface area contributed by atoms with Gasteiger partial charge in [0, 0.05) is 0 Å². The van der Waals surface area contributed by atoms with Crippen LogP contribution >= 0.6 is 0 Å². The first-order valence-corrected chi connectivity index (χ1v) is 9.45. The summed E-state index contributed by atoms with van der Waals surface area (Å²) in [7, 11) is 0. The summed E-state index contributed by atoms with van der Waals surface area (Å²) in [5.41, 5.74) is 5.19. The highest BCUT2D eigenvalue weighted by molar-refractivity contribution is 5.81. The molecule has 2 aromatic heterocycles. The topological polar surface area (TPSA) is 180 Å². The van der Waals surface area contributed by atoms with Crippen molar-refractivity contribution < 1.29 is 30.3 Å². The SMILES string of the molecule is CC[C@@](O)(c1cccc(O)c1)c1nc(N)c2ncn([C@@H]3O[C@H](CO)[C@@H](O)[C@@H]3O)c2n1. The lowest BCUT2D eigenvalue weighted by atomic mass is 9.90. The number of aliphatic hydroxyl groups excluding tert-OH is 3. The number of ether oxygens (including phenoxy) is 1. The van der Waals surface area contributed by atoms with Crippen LogP contribution in [-0.4, -0.2) is 70.0 Å². The number of nitrogens with zero attached hydrogens (tertiary/aromatic N) is 4. The fourth-order valence-corrected chi connectivity index (χ4v) is 3.67. The summed E-state index contributed by atoms with van der Waals surface area (Å²) < 4.78 is 6.93. The summed E-state index contributed by atoms with van der Waals surface area (Å²) in [5, 5.41) is 50.9. The number of benzene rings is 1. The maximum Gasteiger partial charge on any atom is 0.169 e. The average Bonchev–Trinajstić information content (AvgIpc) is 3.29. The second kappa shape index (κ2) is 7.45. The van der Waals surface area contributed by atoms with Gasteiger partial charge in [0.1, 0.15) is 35.2 Å². The molecule has 0 bridgehead atoms. The molecular weight excluding hydrogens is 394 g/mol. The van der Waals surface area contributed by atoms with Crippen molar-refractivity contribution in [2.45, 2.75) is 43.5 Å². The number of hydrogen-bond acceptors (Lipinski definition) is 10. The predicted molar refractivity (Wildman–Crippen MR) is 104 cm³/mol. The van der Waals surface area contributed by atoms with Gasteiger partial charge in [0.25, 0.3) is 0 Å². The van der Waals surface area contributed by atoms with Crippen molar-refractivity contribution in [3.05, 3.63) is 42.0 Å². The van der Waals surface area contributed by atoms with Crippen molar-refractivity contribution in [1.82, 2.24) is 19.5 Å². The van der Waals surface area contributed by atoms with Crippen molar-refractivity contribution in [2.24, 2.45) is 0 Å². The Bertz CT molecular complexity index is 1070. The maximum absolute atomic E-state index is 11.4. The molecule has 5 atom stereocenters. The molecule has 1 fully saturated rings. The van der Waals surface area contributed by atoms with E-state index >= 15 is 0 Å². The fraction of sp³-hybridized carbons (Fsp3) is 0.421. The number of rotatable bonds is 5. The Morgan fingerprint density at radius 3 is 2.63 bits per heavy atom. The molecule has 7 N–H and O–H groups in total. The molecule has 0 radical (unpaired) electrons. The van der Waals surface area contributed by atoms with Gasteiger partial charge in [-0.3, -0.25) is 4.57 Å². The van der Waals surface area contributed by atoms with Crippen LogP contribution in [0, 0.1) is 0 Å². The summed E-state index contributed by atoms with van der Waals surface area (Å²) >= 11 is 0. The molecular formula is C19H23N5O6. The molecule has 11 nitrogen and oxygen atoms in total. The summed E-state index contributed by atoms with van der Waals surface area (Å²) in [6.45, 7) is 1.26. The number of aromatic nitrogens is 4. The molecule has 3 heterocycles. The first-order valence-electron chi connectivity index (χ1n) is 9.45. The van der Waals surface area contributed by atoms with Crippen molar-refractivity contribution in [2.75, 3.05) is 12.3 Å². The average molecular weight is 417 g/mol. The van der Waals surface area contributed by atoms with E-state index in [4.69, 9.17) is 10.5 Å². The first-order chi connectivity index (χ1) is 14.3. The van der Waals surface area contributed by atoms with E-state index < -0.39 is 36.7 Å². The summed E-state index contributed by atoms with van der Waals surface area (Å²) in [5.74, 6) is -0.0356. The number of anilines is 1. The van der Waals surface area contributed by atoms with Crippen molar-refractivity contribution in [1.29, 1.82) is 0 Å². The third-order valence-corrected chi connectivity index (χ3v) is 5.44. The second-order valence-corrected chi connectivity index (χ2v) is 7.25. The van der Waals surface area contributed by atoms with Gasteiger partial charge in [-0.2, -0.15) is 0 Å². The molecule has 1 aromatic carbocycles. The molecule has 1 aliphatic rings. The Labute approximate surface area is 171 Å². The number of nitrogen functional groups attached to an aromatic ring is 1. The minimum Gasteiger partial charge on any atom is -0.508 e. The molecule has 0 amide bonds. The third kappa shape index (κ3) is 3.07. The smallest absolute Gasteiger partial charge is 0.169 e. The number of phenolic OH excluding ortho intramolecular Hbond substituents is 1. The lowest BCUT2D eigenvalue weighted by Crippen LogP contribution is -2.33. The van der Waals surface area contributed by atoms with Crippen LogP contribution in [0.5, 0.6) is 5.75 Å². The van der Waals surface area contributed by atoms with E-state index in [1.54, 1.807) is 19.1 Å². The van der Waals surface area contributed by atoms with E-state index in [1.807, 2.05) is 0 Å². The van der Waals surface area contributed by atoms with E-state index in [0.717, 1.165) is 0 Å². The normalized spacial score (nSPS) is 26.2. The minimum absolute atomic E-state index is 0.00696. The monoisotopic (exact) mass is 417 g/mol. The molecule has 0 saturated carbocycles. The predicted octanol–water partition coefficient (Wildman–Crippen LogP) is -0.629. The highest BCUT2D eigenvalue weighted by atomic mass is 16.6. The fourth-order valence-electron chi connectivity index (χ4n) is 3.67. The van der Waals surface area contributed by atoms with Crippen LogP contribution < -0.4 is 5.73 Å². The summed E-state index contributed by atoms with van der Waals surface area (Å²) in [6, 6.07) is 6.12. The summed E-state index contributed by atoms with van der Waals surface area (Å²) in [6.07, 6.45) is -3.16. The molecule has 4 rings (SSSR count). The van der Waals surface area contributed by atoms with Crippen LogP contribution in [0.2, 0.25) is 0 Å². The maximum atomic E-state index is 11.4.